The summed E-state index contributed by atoms with van der Waals surface area (Å²) in [6, 6.07) is 3.29. The number of nitrogens with zero attached hydrogens (tertiary/aromatic N) is 3. The molecule has 1 aromatic heterocycles. The maximum absolute atomic E-state index is 11.7. The highest BCUT2D eigenvalue weighted by Gasteiger charge is 2.37. The standard InChI is InChI=1S/C12H8ClN3O4/c1-5-3-7(8(19-2)4-6(5)13)16-10-9(14-15-16)11(17)20-12(10)18/h3-4H,1-2H3. The first-order chi connectivity index (χ1) is 9.52. The number of carbonyl (C=O) groups excluding carboxylic acids is 2. The highest BCUT2D eigenvalue weighted by Crippen LogP contribution is 2.31. The van der Waals surface area contributed by atoms with Gasteiger partial charge in [0.05, 0.1) is 7.11 Å². The predicted molar refractivity (Wildman–Crippen MR) is 67.4 cm³/mol. The van der Waals surface area contributed by atoms with Crippen LogP contribution in [0.1, 0.15) is 26.5 Å². The normalized spacial score (nSPS) is 13.3. The number of cyclic esters (lactones) is 2. The molecule has 0 unspecified atom stereocenters. The zero-order valence-corrected chi connectivity index (χ0v) is 11.3. The van der Waals surface area contributed by atoms with Gasteiger partial charge in [0, 0.05) is 11.1 Å². The summed E-state index contributed by atoms with van der Waals surface area (Å²) in [6.07, 6.45) is 0. The van der Waals surface area contributed by atoms with Crippen LogP contribution in [-0.2, 0) is 4.74 Å². The molecule has 8 heteroatoms. The zero-order valence-electron chi connectivity index (χ0n) is 10.5. The van der Waals surface area contributed by atoms with Crippen molar-refractivity contribution in [3.05, 3.63) is 34.1 Å². The Morgan fingerprint density at radius 1 is 1.30 bits per heavy atom. The number of aryl methyl sites for hydroxylation is 1. The van der Waals surface area contributed by atoms with Crippen LogP contribution in [-0.4, -0.2) is 34.0 Å². The molecule has 0 bridgehead atoms. The van der Waals surface area contributed by atoms with E-state index in [0.29, 0.717) is 16.5 Å². The first-order valence-corrected chi connectivity index (χ1v) is 5.97. The Hall–Kier alpha value is -2.41. The van der Waals surface area contributed by atoms with E-state index in [2.05, 4.69) is 15.0 Å². The molecule has 102 valence electrons. The average molecular weight is 294 g/mol. The molecule has 0 radical (unpaired) electrons. The lowest BCUT2D eigenvalue weighted by Gasteiger charge is -2.11. The molecule has 0 amide bonds. The topological polar surface area (TPSA) is 83.3 Å². The molecule has 1 aliphatic rings. The van der Waals surface area contributed by atoms with Crippen molar-refractivity contribution >= 4 is 23.5 Å². The van der Waals surface area contributed by atoms with Crippen molar-refractivity contribution in [1.82, 2.24) is 15.0 Å². The summed E-state index contributed by atoms with van der Waals surface area (Å²) < 4.78 is 10.9. The highest BCUT2D eigenvalue weighted by atomic mass is 35.5. The number of esters is 2. The molecule has 0 saturated heterocycles. The van der Waals surface area contributed by atoms with Gasteiger partial charge < -0.3 is 9.47 Å². The van der Waals surface area contributed by atoms with Gasteiger partial charge in [0.25, 0.3) is 0 Å². The lowest BCUT2D eigenvalue weighted by Crippen LogP contribution is -2.09. The van der Waals surface area contributed by atoms with Crippen LogP contribution in [0.5, 0.6) is 5.75 Å². The summed E-state index contributed by atoms with van der Waals surface area (Å²) >= 11 is 6.02. The molecule has 0 spiro atoms. The van der Waals surface area contributed by atoms with E-state index in [0.717, 1.165) is 5.56 Å². The summed E-state index contributed by atoms with van der Waals surface area (Å²) in [4.78, 5) is 23.1. The molecular formula is C12H8ClN3O4. The Bertz CT molecular complexity index is 753. The number of aromatic nitrogens is 3. The number of hydrogen-bond donors (Lipinski definition) is 0. The number of carbonyl (C=O) groups is 2. The molecule has 0 fully saturated rings. The van der Waals surface area contributed by atoms with Gasteiger partial charge in [0.2, 0.25) is 5.69 Å². The van der Waals surface area contributed by atoms with Crippen molar-refractivity contribution < 1.29 is 19.1 Å². The number of hydrogen-bond acceptors (Lipinski definition) is 6. The number of benzene rings is 1. The SMILES string of the molecule is COc1cc(Cl)c(C)cc1-n1nnc2c1C(=O)OC2=O. The molecule has 2 aromatic rings. The lowest BCUT2D eigenvalue weighted by molar-refractivity contribution is 0.0434. The fourth-order valence-corrected chi connectivity index (χ4v) is 2.08. The fourth-order valence-electron chi connectivity index (χ4n) is 1.93. The molecule has 0 aliphatic carbocycles. The van der Waals surface area contributed by atoms with Crippen LogP contribution in [0.3, 0.4) is 0 Å². The summed E-state index contributed by atoms with van der Waals surface area (Å²) in [5, 5.41) is 7.99. The fraction of sp³-hybridized carbons (Fsp3) is 0.167. The van der Waals surface area contributed by atoms with Gasteiger partial charge in [0.15, 0.2) is 5.69 Å². The van der Waals surface area contributed by atoms with Crippen LogP contribution in [0.2, 0.25) is 5.02 Å². The Labute approximate surface area is 118 Å². The van der Waals surface area contributed by atoms with Crippen molar-refractivity contribution in [2.45, 2.75) is 6.92 Å². The number of fused-ring (bicyclic) bond motifs is 1. The molecule has 1 aromatic carbocycles. The Morgan fingerprint density at radius 3 is 2.75 bits per heavy atom. The average Bonchev–Trinajstić information content (AvgIpc) is 2.96. The van der Waals surface area contributed by atoms with E-state index < -0.39 is 11.9 Å². The van der Waals surface area contributed by atoms with Crippen LogP contribution < -0.4 is 4.74 Å². The molecular weight excluding hydrogens is 286 g/mol. The Balaban J connectivity index is 2.26. The smallest absolute Gasteiger partial charge is 0.369 e. The first kappa shape index (κ1) is 12.6. The molecule has 7 nitrogen and oxygen atoms in total. The third-order valence-electron chi connectivity index (χ3n) is 2.93. The summed E-state index contributed by atoms with van der Waals surface area (Å²) in [7, 11) is 1.46. The summed E-state index contributed by atoms with van der Waals surface area (Å²) in [6.45, 7) is 1.80. The molecule has 0 N–H and O–H groups in total. The minimum absolute atomic E-state index is 0.0185. The number of halogens is 1. The van der Waals surface area contributed by atoms with Gasteiger partial charge in [-0.2, -0.15) is 0 Å². The molecule has 3 rings (SSSR count). The zero-order chi connectivity index (χ0) is 14.4. The van der Waals surface area contributed by atoms with Crippen LogP contribution in [0.25, 0.3) is 5.69 Å². The first-order valence-electron chi connectivity index (χ1n) is 5.59. The largest absolute Gasteiger partial charge is 0.494 e. The second-order valence-corrected chi connectivity index (χ2v) is 4.56. The van der Waals surface area contributed by atoms with Crippen LogP contribution >= 0.6 is 11.6 Å². The summed E-state index contributed by atoms with van der Waals surface area (Å²) in [5.74, 6) is -1.19. The van der Waals surface area contributed by atoms with Gasteiger partial charge in [-0.1, -0.05) is 16.8 Å². The number of ether oxygens (including phenoxy) is 2. The molecule has 0 saturated carbocycles. The van der Waals surface area contributed by atoms with Gasteiger partial charge in [-0.25, -0.2) is 14.3 Å². The molecule has 20 heavy (non-hydrogen) atoms. The van der Waals surface area contributed by atoms with E-state index in [1.54, 1.807) is 19.1 Å². The van der Waals surface area contributed by atoms with E-state index in [-0.39, 0.29) is 11.4 Å². The van der Waals surface area contributed by atoms with Crippen LogP contribution in [0.4, 0.5) is 0 Å². The third kappa shape index (κ3) is 1.67. The van der Waals surface area contributed by atoms with Gasteiger partial charge >= 0.3 is 11.9 Å². The second-order valence-electron chi connectivity index (χ2n) is 4.15. The van der Waals surface area contributed by atoms with Crippen molar-refractivity contribution in [2.75, 3.05) is 7.11 Å². The van der Waals surface area contributed by atoms with Gasteiger partial charge in [-0.3, -0.25) is 0 Å². The Morgan fingerprint density at radius 2 is 2.05 bits per heavy atom. The van der Waals surface area contributed by atoms with Crippen molar-refractivity contribution in [3.63, 3.8) is 0 Å². The maximum atomic E-state index is 11.7. The molecule has 2 heterocycles. The predicted octanol–water partition coefficient (Wildman–Crippen LogP) is 1.55. The second kappa shape index (κ2) is 4.31. The van der Waals surface area contributed by atoms with Crippen LogP contribution in [0, 0.1) is 6.92 Å². The van der Waals surface area contributed by atoms with Crippen molar-refractivity contribution in [1.29, 1.82) is 0 Å². The number of methoxy groups -OCH3 is 1. The summed E-state index contributed by atoms with van der Waals surface area (Å²) in [5.41, 5.74) is 1.10. The highest BCUT2D eigenvalue weighted by molar-refractivity contribution is 6.31. The Kier molecular flexibility index (Phi) is 2.72. The van der Waals surface area contributed by atoms with Gasteiger partial charge in [0.1, 0.15) is 11.4 Å². The quantitative estimate of drug-likeness (QED) is 0.617. The van der Waals surface area contributed by atoms with Crippen LogP contribution in [0.15, 0.2) is 12.1 Å². The van der Waals surface area contributed by atoms with E-state index in [4.69, 9.17) is 16.3 Å². The van der Waals surface area contributed by atoms with Gasteiger partial charge in [-0.05, 0) is 18.6 Å². The number of rotatable bonds is 2. The minimum atomic E-state index is -0.805. The maximum Gasteiger partial charge on any atom is 0.369 e. The van der Waals surface area contributed by atoms with E-state index >= 15 is 0 Å². The van der Waals surface area contributed by atoms with Crippen molar-refractivity contribution in [2.24, 2.45) is 0 Å². The molecule has 0 atom stereocenters. The van der Waals surface area contributed by atoms with E-state index in [9.17, 15) is 9.59 Å². The lowest BCUT2D eigenvalue weighted by atomic mass is 10.2. The van der Waals surface area contributed by atoms with Crippen molar-refractivity contribution in [3.8, 4) is 11.4 Å². The minimum Gasteiger partial charge on any atom is -0.494 e. The molecule has 1 aliphatic heterocycles. The third-order valence-corrected chi connectivity index (χ3v) is 3.34. The monoisotopic (exact) mass is 293 g/mol. The van der Waals surface area contributed by atoms with E-state index in [1.165, 1.54) is 11.8 Å². The van der Waals surface area contributed by atoms with E-state index in [1.807, 2.05) is 0 Å². The van der Waals surface area contributed by atoms with Gasteiger partial charge in [-0.15, -0.1) is 5.10 Å².